The molecule has 1 fully saturated rings. The molecule has 1 aliphatic rings. The molecule has 1 saturated heterocycles. The number of rotatable bonds is 6. The summed E-state index contributed by atoms with van der Waals surface area (Å²) in [6.45, 7) is 8.38. The summed E-state index contributed by atoms with van der Waals surface area (Å²) in [5, 5.41) is 5.08. The summed E-state index contributed by atoms with van der Waals surface area (Å²) in [7, 11) is 4.11. The van der Waals surface area contributed by atoms with Crippen LogP contribution in [0.3, 0.4) is 0 Å². The van der Waals surface area contributed by atoms with Crippen molar-refractivity contribution in [3.8, 4) is 0 Å². The minimum Gasteiger partial charge on any atom is -0.321 e. The predicted octanol–water partition coefficient (Wildman–Crippen LogP) is 1.97. The molecule has 1 aliphatic heterocycles. The smallest absolute Gasteiger partial charge is 0.0834 e. The molecule has 0 amide bonds. The molecule has 0 spiro atoms. The Morgan fingerprint density at radius 2 is 2.00 bits per heavy atom. The van der Waals surface area contributed by atoms with Crippen LogP contribution in [0.4, 0.5) is 0 Å². The summed E-state index contributed by atoms with van der Waals surface area (Å²) in [4.78, 5) is 4.60. The Morgan fingerprint density at radius 1 is 1.38 bits per heavy atom. The zero-order valence-corrected chi connectivity index (χ0v) is 14.4. The Balaban J connectivity index is 2.21. The lowest BCUT2D eigenvalue weighted by molar-refractivity contribution is 0.120. The second kappa shape index (κ2) is 6.65. The molecular weight excluding hydrogens is 286 g/mol. The summed E-state index contributed by atoms with van der Waals surface area (Å²) in [5.74, 6) is 0. The average Bonchev–Trinajstić information content (AvgIpc) is 3.05. The quantitative estimate of drug-likeness (QED) is 0.872. The molecule has 21 heavy (non-hydrogen) atoms. The summed E-state index contributed by atoms with van der Waals surface area (Å²) in [6, 6.07) is -0.146. The average molecular weight is 314 g/mol. The number of hydrogen-bond acceptors (Lipinski definition) is 4. The molecular formula is C15H28ClN5. The summed E-state index contributed by atoms with van der Waals surface area (Å²) in [5.41, 5.74) is 7.44. The minimum atomic E-state index is -0.146. The van der Waals surface area contributed by atoms with E-state index in [1.54, 1.807) is 6.20 Å². The Bertz CT molecular complexity index is 463. The molecule has 5 nitrogen and oxygen atoms in total. The molecule has 0 aromatic carbocycles. The van der Waals surface area contributed by atoms with E-state index < -0.39 is 0 Å². The van der Waals surface area contributed by atoms with E-state index in [4.69, 9.17) is 17.3 Å². The molecule has 0 bridgehead atoms. The summed E-state index contributed by atoms with van der Waals surface area (Å²) < 4.78 is 1.96. The first-order chi connectivity index (χ1) is 9.84. The molecule has 0 radical (unpaired) electrons. The van der Waals surface area contributed by atoms with Gasteiger partial charge >= 0.3 is 0 Å². The van der Waals surface area contributed by atoms with Gasteiger partial charge in [-0.2, -0.15) is 5.10 Å². The van der Waals surface area contributed by atoms with Gasteiger partial charge in [0.15, 0.2) is 0 Å². The highest BCUT2D eigenvalue weighted by Gasteiger charge is 2.38. The van der Waals surface area contributed by atoms with Crippen LogP contribution in [0, 0.1) is 0 Å². The second-order valence-corrected chi connectivity index (χ2v) is 7.14. The van der Waals surface area contributed by atoms with Gasteiger partial charge in [-0.3, -0.25) is 9.58 Å². The van der Waals surface area contributed by atoms with E-state index >= 15 is 0 Å². The van der Waals surface area contributed by atoms with Crippen LogP contribution in [0.2, 0.25) is 5.02 Å². The fourth-order valence-corrected chi connectivity index (χ4v) is 3.24. The monoisotopic (exact) mass is 313 g/mol. The largest absolute Gasteiger partial charge is 0.321 e. The number of nitrogens with zero attached hydrogens (tertiary/aromatic N) is 4. The lowest BCUT2D eigenvalue weighted by Crippen LogP contribution is -2.50. The van der Waals surface area contributed by atoms with Crippen LogP contribution in [0.1, 0.15) is 38.4 Å². The third kappa shape index (κ3) is 3.59. The number of likely N-dealkylation sites (tertiary alicyclic amines) is 1. The fourth-order valence-electron chi connectivity index (χ4n) is 2.98. The van der Waals surface area contributed by atoms with E-state index in [0.717, 1.165) is 31.9 Å². The highest BCUT2D eigenvalue weighted by molar-refractivity contribution is 6.31. The third-order valence-electron chi connectivity index (χ3n) is 4.57. The van der Waals surface area contributed by atoms with Gasteiger partial charge in [0.05, 0.1) is 29.5 Å². The summed E-state index contributed by atoms with van der Waals surface area (Å²) in [6.07, 6.45) is 4.22. The predicted molar refractivity (Wildman–Crippen MR) is 87.6 cm³/mol. The number of nitrogens with two attached hydrogens (primary N) is 1. The molecule has 120 valence electrons. The normalized spacial score (nSPS) is 18.6. The maximum Gasteiger partial charge on any atom is 0.0834 e. The van der Waals surface area contributed by atoms with Crippen molar-refractivity contribution < 1.29 is 0 Å². The SMILES string of the molecule is CN(C)CCn1ncc(Cl)c1C(N)C(C)(C)N1CCCC1. The van der Waals surface area contributed by atoms with Crippen molar-refractivity contribution in [2.45, 2.75) is 44.8 Å². The van der Waals surface area contributed by atoms with E-state index in [1.807, 2.05) is 4.68 Å². The van der Waals surface area contributed by atoms with Gasteiger partial charge in [-0.1, -0.05) is 11.6 Å². The maximum atomic E-state index is 6.60. The van der Waals surface area contributed by atoms with E-state index in [9.17, 15) is 0 Å². The molecule has 2 heterocycles. The highest BCUT2D eigenvalue weighted by Crippen LogP contribution is 2.34. The maximum absolute atomic E-state index is 6.60. The molecule has 1 atom stereocenters. The molecule has 2 N–H and O–H groups in total. The van der Waals surface area contributed by atoms with Crippen LogP contribution in [0.5, 0.6) is 0 Å². The van der Waals surface area contributed by atoms with Gasteiger partial charge in [-0.15, -0.1) is 0 Å². The topological polar surface area (TPSA) is 50.3 Å². The fraction of sp³-hybridized carbons (Fsp3) is 0.800. The van der Waals surface area contributed by atoms with Gasteiger partial charge in [-0.05, 0) is 53.9 Å². The Morgan fingerprint density at radius 3 is 2.57 bits per heavy atom. The van der Waals surface area contributed by atoms with Crippen molar-refractivity contribution in [3.05, 3.63) is 16.9 Å². The van der Waals surface area contributed by atoms with Crippen LogP contribution >= 0.6 is 11.6 Å². The zero-order chi connectivity index (χ0) is 15.6. The molecule has 0 saturated carbocycles. The van der Waals surface area contributed by atoms with Gasteiger partial charge < -0.3 is 10.6 Å². The number of likely N-dealkylation sites (N-methyl/N-ethyl adjacent to an activating group) is 1. The number of hydrogen-bond donors (Lipinski definition) is 1. The van der Waals surface area contributed by atoms with Crippen molar-refractivity contribution in [2.24, 2.45) is 5.73 Å². The van der Waals surface area contributed by atoms with E-state index in [2.05, 4.69) is 42.8 Å². The highest BCUT2D eigenvalue weighted by atomic mass is 35.5. The Kier molecular flexibility index (Phi) is 5.30. The van der Waals surface area contributed by atoms with Gasteiger partial charge in [0.25, 0.3) is 0 Å². The summed E-state index contributed by atoms with van der Waals surface area (Å²) >= 11 is 6.37. The number of aromatic nitrogens is 2. The van der Waals surface area contributed by atoms with Gasteiger partial charge in [-0.25, -0.2) is 0 Å². The van der Waals surface area contributed by atoms with Crippen molar-refractivity contribution in [1.82, 2.24) is 19.6 Å². The first kappa shape index (κ1) is 16.7. The Hall–Kier alpha value is -0.620. The second-order valence-electron chi connectivity index (χ2n) is 6.73. The zero-order valence-electron chi connectivity index (χ0n) is 13.6. The standard InChI is InChI=1S/C15H28ClN5/c1-15(2,20-7-5-6-8-20)14(17)13-12(16)11-18-21(13)10-9-19(3)4/h11,14H,5-10,17H2,1-4H3. The van der Waals surface area contributed by atoms with Gasteiger partial charge in [0.1, 0.15) is 0 Å². The van der Waals surface area contributed by atoms with Gasteiger partial charge in [0, 0.05) is 12.1 Å². The first-order valence-corrected chi connectivity index (χ1v) is 8.08. The Labute approximate surface area is 133 Å². The van der Waals surface area contributed by atoms with Crippen molar-refractivity contribution >= 4 is 11.6 Å². The van der Waals surface area contributed by atoms with Crippen LogP contribution in [-0.4, -0.2) is 58.8 Å². The first-order valence-electron chi connectivity index (χ1n) is 7.70. The molecule has 1 aromatic heterocycles. The van der Waals surface area contributed by atoms with E-state index in [-0.39, 0.29) is 11.6 Å². The molecule has 0 aliphatic carbocycles. The lowest BCUT2D eigenvalue weighted by atomic mass is 9.90. The minimum absolute atomic E-state index is 0.115. The molecule has 1 aromatic rings. The van der Waals surface area contributed by atoms with Crippen LogP contribution in [0.15, 0.2) is 6.20 Å². The van der Waals surface area contributed by atoms with Crippen molar-refractivity contribution in [1.29, 1.82) is 0 Å². The lowest BCUT2D eigenvalue weighted by Gasteiger charge is -2.40. The van der Waals surface area contributed by atoms with Crippen molar-refractivity contribution in [2.75, 3.05) is 33.7 Å². The van der Waals surface area contributed by atoms with Crippen molar-refractivity contribution in [3.63, 3.8) is 0 Å². The third-order valence-corrected chi connectivity index (χ3v) is 4.86. The van der Waals surface area contributed by atoms with Crippen LogP contribution in [0.25, 0.3) is 0 Å². The van der Waals surface area contributed by atoms with Crippen LogP contribution in [-0.2, 0) is 6.54 Å². The van der Waals surface area contributed by atoms with E-state index in [1.165, 1.54) is 12.8 Å². The molecule has 1 unspecified atom stereocenters. The molecule has 2 rings (SSSR count). The molecule has 6 heteroatoms. The van der Waals surface area contributed by atoms with E-state index in [0.29, 0.717) is 5.02 Å². The number of halogens is 1. The van der Waals surface area contributed by atoms with Crippen LogP contribution < -0.4 is 5.73 Å². The van der Waals surface area contributed by atoms with Gasteiger partial charge in [0.2, 0.25) is 0 Å².